The van der Waals surface area contributed by atoms with Crippen molar-refractivity contribution in [3.63, 3.8) is 0 Å². The minimum atomic E-state index is -5.92. The monoisotopic (exact) mass is 578 g/mol. The summed E-state index contributed by atoms with van der Waals surface area (Å²) in [6, 6.07) is 0. The van der Waals surface area contributed by atoms with Crippen LogP contribution in [0.15, 0.2) is 0 Å². The second-order valence-electron chi connectivity index (χ2n) is 13.0. The number of halogens is 3. The van der Waals surface area contributed by atoms with E-state index in [1.54, 1.807) is 0 Å². The summed E-state index contributed by atoms with van der Waals surface area (Å²) in [6.45, 7) is 5.51. The van der Waals surface area contributed by atoms with Crippen LogP contribution in [0, 0.1) is 46.3 Å². The number of Topliss-reactive ketones (excluding diaryl/α,β-unsaturated/α-hetero) is 2. The van der Waals surface area contributed by atoms with Crippen molar-refractivity contribution in [3.8, 4) is 0 Å². The van der Waals surface area contributed by atoms with Crippen molar-refractivity contribution < 1.29 is 45.3 Å². The molecule has 9 atom stereocenters. The summed E-state index contributed by atoms with van der Waals surface area (Å²) in [4.78, 5) is 39.5. The van der Waals surface area contributed by atoms with Gasteiger partial charge in [-0.3, -0.25) is 18.9 Å². The molecule has 4 fully saturated rings. The molecule has 4 aliphatic carbocycles. The van der Waals surface area contributed by atoms with E-state index in [0.717, 1.165) is 38.5 Å². The van der Waals surface area contributed by atoms with Gasteiger partial charge in [-0.05, 0) is 67.1 Å². The highest BCUT2D eigenvalue weighted by Crippen LogP contribution is 2.66. The summed E-state index contributed by atoms with van der Waals surface area (Å²) >= 11 is 0. The highest BCUT2D eigenvalue weighted by atomic mass is 32.2. The van der Waals surface area contributed by atoms with Gasteiger partial charge in [-0.2, -0.15) is 17.2 Å². The van der Waals surface area contributed by atoms with Gasteiger partial charge in [-0.15, -0.1) is 0 Å². The minimum Gasteiger partial charge on any atom is -0.466 e. The number of carbonyl (C=O) groups excluding carboxylic acids is 3. The van der Waals surface area contributed by atoms with E-state index in [9.17, 15) is 36.0 Å². The average molecular weight is 579 g/mol. The summed E-state index contributed by atoms with van der Waals surface area (Å²) in [5.74, 6) is 0.134. The van der Waals surface area contributed by atoms with Crippen LogP contribution in [0.2, 0.25) is 0 Å². The van der Waals surface area contributed by atoms with Crippen LogP contribution in [0.5, 0.6) is 0 Å². The molecule has 39 heavy (non-hydrogen) atoms. The van der Waals surface area contributed by atoms with E-state index in [0.29, 0.717) is 31.0 Å². The summed E-state index contributed by atoms with van der Waals surface area (Å²) in [6.07, 6.45) is 3.06. The Morgan fingerprint density at radius 2 is 1.79 bits per heavy atom. The molecule has 5 unspecified atom stereocenters. The Labute approximate surface area is 228 Å². The molecule has 4 aliphatic rings. The Bertz CT molecular complexity index is 1090. The van der Waals surface area contributed by atoms with E-state index in [2.05, 4.69) is 6.92 Å². The number of ketones is 2. The molecule has 0 saturated heterocycles. The number of alkyl halides is 3. The summed E-state index contributed by atoms with van der Waals surface area (Å²) < 4.78 is 74.8. The van der Waals surface area contributed by atoms with Gasteiger partial charge in [-0.25, -0.2) is 4.39 Å². The molecule has 222 valence electrons. The minimum absolute atomic E-state index is 0.00122. The fourth-order valence-electron chi connectivity index (χ4n) is 8.85. The lowest BCUT2D eigenvalue weighted by molar-refractivity contribution is -0.165. The van der Waals surface area contributed by atoms with Crippen molar-refractivity contribution in [2.45, 2.75) is 103 Å². The van der Waals surface area contributed by atoms with Gasteiger partial charge in [0, 0.05) is 37.0 Å². The van der Waals surface area contributed by atoms with Crippen LogP contribution >= 0.6 is 0 Å². The molecule has 0 aromatic rings. The summed E-state index contributed by atoms with van der Waals surface area (Å²) in [5, 5.41) is -4.98. The fraction of sp³-hybridized carbons (Fsp3) is 0.893. The first-order chi connectivity index (χ1) is 18.0. The van der Waals surface area contributed by atoms with Gasteiger partial charge in [0.15, 0.2) is 6.17 Å². The van der Waals surface area contributed by atoms with Crippen LogP contribution < -0.4 is 0 Å². The van der Waals surface area contributed by atoms with Crippen molar-refractivity contribution in [3.05, 3.63) is 0 Å². The molecule has 0 aliphatic heterocycles. The van der Waals surface area contributed by atoms with Crippen molar-refractivity contribution in [1.82, 2.24) is 0 Å². The average Bonchev–Trinajstić information content (AvgIpc) is 3.21. The lowest BCUT2D eigenvalue weighted by atomic mass is 9.44. The zero-order valence-electron chi connectivity index (χ0n) is 23.0. The molecular formula is C28H41F3O7S. The van der Waals surface area contributed by atoms with E-state index in [4.69, 9.17) is 9.29 Å². The second kappa shape index (κ2) is 10.7. The third-order valence-corrected chi connectivity index (χ3v) is 12.1. The summed E-state index contributed by atoms with van der Waals surface area (Å²) in [5.41, 5.74) is -0.605. The molecule has 4 saturated carbocycles. The van der Waals surface area contributed by atoms with Gasteiger partial charge in [0.1, 0.15) is 11.6 Å². The van der Waals surface area contributed by atoms with E-state index < -0.39 is 46.0 Å². The highest BCUT2D eigenvalue weighted by molar-refractivity contribution is 7.86. The zero-order chi connectivity index (χ0) is 29.0. The molecule has 0 aromatic heterocycles. The molecule has 0 radical (unpaired) electrons. The van der Waals surface area contributed by atoms with E-state index in [1.165, 1.54) is 0 Å². The van der Waals surface area contributed by atoms with Crippen molar-refractivity contribution in [2.75, 3.05) is 6.61 Å². The van der Waals surface area contributed by atoms with Gasteiger partial charge in [0.05, 0.1) is 6.61 Å². The maximum Gasteiger partial charge on any atom is 0.400 e. The third kappa shape index (κ3) is 5.19. The lowest BCUT2D eigenvalue weighted by Crippen LogP contribution is -2.59. The fourth-order valence-corrected chi connectivity index (χ4v) is 9.29. The Morgan fingerprint density at radius 1 is 1.10 bits per heavy atom. The number of hydrogen-bond acceptors (Lipinski definition) is 6. The van der Waals surface area contributed by atoms with Gasteiger partial charge in [0.25, 0.3) is 0 Å². The third-order valence-electron chi connectivity index (χ3n) is 11.2. The molecule has 11 heteroatoms. The molecular weight excluding hydrogens is 537 g/mol. The largest absolute Gasteiger partial charge is 0.466 e. The molecule has 0 heterocycles. The second-order valence-corrected chi connectivity index (χ2v) is 14.5. The maximum absolute atomic E-state index is 13.8. The van der Waals surface area contributed by atoms with Crippen LogP contribution in [-0.2, 0) is 29.2 Å². The molecule has 0 bridgehead atoms. The number of fused-ring (bicyclic) bond motifs is 5. The number of esters is 1. The normalized spacial score (nSPS) is 38.4. The van der Waals surface area contributed by atoms with Gasteiger partial charge in [0.2, 0.25) is 0 Å². The predicted molar refractivity (Wildman–Crippen MR) is 136 cm³/mol. The first kappa shape index (κ1) is 30.5. The van der Waals surface area contributed by atoms with Gasteiger partial charge >= 0.3 is 21.3 Å². The van der Waals surface area contributed by atoms with Crippen molar-refractivity contribution in [2.24, 2.45) is 46.3 Å². The van der Waals surface area contributed by atoms with Crippen molar-refractivity contribution in [1.29, 1.82) is 0 Å². The Hall–Kier alpha value is -1.49. The number of rotatable bonds is 9. The van der Waals surface area contributed by atoms with Gasteiger partial charge < -0.3 is 4.74 Å². The maximum atomic E-state index is 13.8. The van der Waals surface area contributed by atoms with E-state index in [1.807, 2.05) is 13.8 Å². The van der Waals surface area contributed by atoms with Crippen molar-refractivity contribution >= 4 is 27.7 Å². The molecule has 0 aromatic carbocycles. The Balaban J connectivity index is 1.35. The number of ether oxygens (including phenoxy) is 1. The highest BCUT2D eigenvalue weighted by Gasteiger charge is 2.65. The molecule has 1 N–H and O–H groups in total. The van der Waals surface area contributed by atoms with Crippen LogP contribution in [0.4, 0.5) is 13.2 Å². The zero-order valence-corrected chi connectivity index (χ0v) is 23.8. The molecule has 0 amide bonds. The van der Waals surface area contributed by atoms with E-state index >= 15 is 0 Å². The van der Waals surface area contributed by atoms with Crippen LogP contribution in [-0.4, -0.2) is 48.5 Å². The van der Waals surface area contributed by atoms with Crippen LogP contribution in [0.1, 0.15) is 91.4 Å². The van der Waals surface area contributed by atoms with Crippen LogP contribution in [0.3, 0.4) is 0 Å². The number of carbonyl (C=O) groups is 3. The Kier molecular flexibility index (Phi) is 8.38. The SMILES string of the molecule is C[C@H](CCC(=O)OCCC(F)C(F)(F)S(=O)(=O)O)[C@H]1CCC2C3C(=O)CC4CCCC[C@]4(C)C3CC(=O)[C@@]21C. The predicted octanol–water partition coefficient (Wildman–Crippen LogP) is 5.56. The van der Waals surface area contributed by atoms with E-state index in [-0.39, 0.29) is 47.2 Å². The first-order valence-electron chi connectivity index (χ1n) is 14.3. The lowest BCUT2D eigenvalue weighted by Gasteiger charge is -2.59. The smallest absolute Gasteiger partial charge is 0.400 e. The molecule has 7 nitrogen and oxygen atoms in total. The Morgan fingerprint density at radius 3 is 2.46 bits per heavy atom. The number of hydrogen-bond donors (Lipinski definition) is 1. The molecule has 4 rings (SSSR count). The van der Waals surface area contributed by atoms with Crippen LogP contribution in [0.25, 0.3) is 0 Å². The molecule has 0 spiro atoms. The first-order valence-corrected chi connectivity index (χ1v) is 15.7. The standard InChI is InChI=1S/C28H41F3O7S/c1-16(7-10-24(34)38-13-11-22(29)28(30,31)39(35,36)37)18-8-9-19-25-20(15-23(33)27(18,19)3)26(2)12-5-4-6-17(26)14-21(25)32/h16-20,22,25H,4-15H2,1-3H3,(H,35,36,37)/t16-,17?,18-,19?,20?,22?,25?,26+,27-/m1/s1. The van der Waals surface area contributed by atoms with Gasteiger partial charge in [-0.1, -0.05) is 33.6 Å². The topological polar surface area (TPSA) is 115 Å². The summed E-state index contributed by atoms with van der Waals surface area (Å²) in [7, 11) is -5.92. The quantitative estimate of drug-likeness (QED) is 0.281.